The number of alkyl halides is 3. The van der Waals surface area contributed by atoms with Crippen LogP contribution in [-0.4, -0.2) is 28.2 Å². The second-order valence-electron chi connectivity index (χ2n) is 6.20. The van der Waals surface area contributed by atoms with E-state index in [-0.39, 0.29) is 17.9 Å². The molecule has 0 atom stereocenters. The van der Waals surface area contributed by atoms with Gasteiger partial charge in [0.2, 0.25) is 5.91 Å². The fraction of sp³-hybridized carbons (Fsp3) is 0.150. The summed E-state index contributed by atoms with van der Waals surface area (Å²) in [5, 5.41) is 1.87. The van der Waals surface area contributed by atoms with E-state index in [0.29, 0.717) is 5.76 Å². The lowest BCUT2D eigenvalue weighted by atomic mass is 10.2. The summed E-state index contributed by atoms with van der Waals surface area (Å²) in [5.41, 5.74) is -1.05. The number of furan rings is 1. The summed E-state index contributed by atoms with van der Waals surface area (Å²) in [6, 6.07) is 11.0. The fourth-order valence-corrected chi connectivity index (χ4v) is 2.86. The molecule has 0 radical (unpaired) electrons. The Morgan fingerprint density at radius 2 is 1.93 bits per heavy atom. The van der Waals surface area contributed by atoms with Gasteiger partial charge in [-0.05, 0) is 42.5 Å². The van der Waals surface area contributed by atoms with Gasteiger partial charge in [-0.25, -0.2) is 0 Å². The first kappa shape index (κ1) is 21.4. The average molecular weight is 438 g/mol. The summed E-state index contributed by atoms with van der Waals surface area (Å²) in [6.07, 6.45) is -1.81. The standard InChI is InChI=1S/C20H15ClF3N3O3/c21-16-7-6-13(10-15(16)20(22,23)24)26-18(28)12-27(11-14-4-3-9-30-14)19(29)17-5-1-2-8-25-17/h1-10H,11-12H2,(H,26,28). The fourth-order valence-electron chi connectivity index (χ4n) is 2.64. The third kappa shape index (κ3) is 5.38. The Kier molecular flexibility index (Phi) is 6.41. The van der Waals surface area contributed by atoms with Gasteiger partial charge in [-0.2, -0.15) is 13.2 Å². The van der Waals surface area contributed by atoms with Gasteiger partial charge in [0.1, 0.15) is 18.0 Å². The molecule has 1 aromatic carbocycles. The molecular weight excluding hydrogens is 423 g/mol. The Labute approximate surface area is 174 Å². The van der Waals surface area contributed by atoms with Crippen molar-refractivity contribution < 1.29 is 27.2 Å². The number of anilines is 1. The van der Waals surface area contributed by atoms with Crippen LogP contribution in [0.25, 0.3) is 0 Å². The molecule has 0 saturated heterocycles. The molecule has 30 heavy (non-hydrogen) atoms. The van der Waals surface area contributed by atoms with Gasteiger partial charge in [-0.1, -0.05) is 17.7 Å². The van der Waals surface area contributed by atoms with Crippen LogP contribution in [0.15, 0.2) is 65.4 Å². The van der Waals surface area contributed by atoms with E-state index >= 15 is 0 Å². The van der Waals surface area contributed by atoms with Crippen molar-refractivity contribution in [1.82, 2.24) is 9.88 Å². The zero-order chi connectivity index (χ0) is 21.7. The number of nitrogens with zero attached hydrogens (tertiary/aromatic N) is 2. The molecule has 1 N–H and O–H groups in total. The van der Waals surface area contributed by atoms with E-state index in [2.05, 4.69) is 10.3 Å². The van der Waals surface area contributed by atoms with E-state index in [1.807, 2.05) is 0 Å². The molecule has 2 heterocycles. The molecule has 0 fully saturated rings. The lowest BCUT2D eigenvalue weighted by Crippen LogP contribution is -2.37. The van der Waals surface area contributed by atoms with Crippen LogP contribution in [0.4, 0.5) is 18.9 Å². The van der Waals surface area contributed by atoms with Crippen molar-refractivity contribution in [3.05, 3.63) is 83.0 Å². The molecule has 2 amide bonds. The van der Waals surface area contributed by atoms with Gasteiger partial charge < -0.3 is 14.6 Å². The van der Waals surface area contributed by atoms with Crippen molar-refractivity contribution in [2.45, 2.75) is 12.7 Å². The topological polar surface area (TPSA) is 75.4 Å². The van der Waals surface area contributed by atoms with Crippen molar-refractivity contribution in [3.63, 3.8) is 0 Å². The highest BCUT2D eigenvalue weighted by molar-refractivity contribution is 6.31. The first-order valence-corrected chi connectivity index (χ1v) is 9.01. The van der Waals surface area contributed by atoms with E-state index in [9.17, 15) is 22.8 Å². The first-order valence-electron chi connectivity index (χ1n) is 8.63. The minimum absolute atomic E-state index is 0.0236. The molecule has 0 bridgehead atoms. The summed E-state index contributed by atoms with van der Waals surface area (Å²) in [6.45, 7) is -0.454. The third-order valence-corrected chi connectivity index (χ3v) is 4.32. The van der Waals surface area contributed by atoms with Crippen molar-refractivity contribution in [2.24, 2.45) is 0 Å². The monoisotopic (exact) mass is 437 g/mol. The van der Waals surface area contributed by atoms with Gasteiger partial charge >= 0.3 is 6.18 Å². The lowest BCUT2D eigenvalue weighted by molar-refractivity contribution is -0.137. The van der Waals surface area contributed by atoms with Gasteiger partial charge in [0.15, 0.2) is 0 Å². The highest BCUT2D eigenvalue weighted by atomic mass is 35.5. The zero-order valence-electron chi connectivity index (χ0n) is 15.3. The average Bonchev–Trinajstić information content (AvgIpc) is 3.21. The molecule has 3 aromatic rings. The molecule has 6 nitrogen and oxygen atoms in total. The molecule has 10 heteroatoms. The zero-order valence-corrected chi connectivity index (χ0v) is 16.1. The van der Waals surface area contributed by atoms with Gasteiger partial charge in [0.25, 0.3) is 5.91 Å². The number of aromatic nitrogens is 1. The van der Waals surface area contributed by atoms with Crippen molar-refractivity contribution >= 4 is 29.1 Å². The van der Waals surface area contributed by atoms with Crippen molar-refractivity contribution in [3.8, 4) is 0 Å². The van der Waals surface area contributed by atoms with Gasteiger partial charge in [-0.15, -0.1) is 0 Å². The molecular formula is C20H15ClF3N3O3. The number of halogens is 4. The number of carbonyl (C=O) groups excluding carboxylic acids is 2. The van der Waals surface area contributed by atoms with E-state index in [4.69, 9.17) is 16.0 Å². The summed E-state index contributed by atoms with van der Waals surface area (Å²) in [5.74, 6) is -0.798. The maximum absolute atomic E-state index is 13.0. The van der Waals surface area contributed by atoms with Crippen molar-refractivity contribution in [1.29, 1.82) is 0 Å². The number of amides is 2. The minimum atomic E-state index is -4.67. The number of hydrogen-bond acceptors (Lipinski definition) is 4. The van der Waals surface area contributed by atoms with Crippen molar-refractivity contribution in [2.75, 3.05) is 11.9 Å². The minimum Gasteiger partial charge on any atom is -0.467 e. The second kappa shape index (κ2) is 9.00. The van der Waals surface area contributed by atoms with E-state index in [0.717, 1.165) is 12.1 Å². The normalized spacial score (nSPS) is 11.2. The van der Waals surface area contributed by atoms with Crippen LogP contribution >= 0.6 is 11.6 Å². The number of benzene rings is 1. The quantitative estimate of drug-likeness (QED) is 0.610. The van der Waals surface area contributed by atoms with Crippen LogP contribution in [-0.2, 0) is 17.5 Å². The number of pyridine rings is 1. The SMILES string of the molecule is O=C(CN(Cc1ccco1)C(=O)c1ccccn1)Nc1ccc(Cl)c(C(F)(F)F)c1. The van der Waals surface area contributed by atoms with Crippen LogP contribution in [0.5, 0.6) is 0 Å². The summed E-state index contributed by atoms with van der Waals surface area (Å²) < 4.78 is 44.3. The van der Waals surface area contributed by atoms with Crippen LogP contribution in [0.1, 0.15) is 21.8 Å². The lowest BCUT2D eigenvalue weighted by Gasteiger charge is -2.21. The molecule has 0 unspecified atom stereocenters. The number of rotatable bonds is 6. The smallest absolute Gasteiger partial charge is 0.417 e. The van der Waals surface area contributed by atoms with Gasteiger partial charge in [0.05, 0.1) is 23.4 Å². The number of nitrogens with one attached hydrogen (secondary N) is 1. The summed E-state index contributed by atoms with van der Waals surface area (Å²) in [7, 11) is 0. The van der Waals surface area contributed by atoms with E-state index in [1.54, 1.807) is 24.3 Å². The maximum Gasteiger partial charge on any atom is 0.417 e. The number of carbonyl (C=O) groups is 2. The Morgan fingerprint density at radius 3 is 2.57 bits per heavy atom. The molecule has 0 aliphatic rings. The Balaban J connectivity index is 1.77. The molecule has 0 spiro atoms. The Bertz CT molecular complexity index is 1020. The van der Waals surface area contributed by atoms with Crippen LogP contribution < -0.4 is 5.32 Å². The van der Waals surface area contributed by atoms with Crippen LogP contribution in [0, 0.1) is 0 Å². The van der Waals surface area contributed by atoms with E-state index in [1.165, 1.54) is 29.5 Å². The van der Waals surface area contributed by atoms with Gasteiger partial charge in [-0.3, -0.25) is 14.6 Å². The summed E-state index contributed by atoms with van der Waals surface area (Å²) in [4.78, 5) is 30.4. The highest BCUT2D eigenvalue weighted by Crippen LogP contribution is 2.36. The predicted octanol–water partition coefficient (Wildman–Crippen LogP) is 4.63. The predicted molar refractivity (Wildman–Crippen MR) is 103 cm³/mol. The second-order valence-corrected chi connectivity index (χ2v) is 6.60. The van der Waals surface area contributed by atoms with Crippen LogP contribution in [0.2, 0.25) is 5.02 Å². The maximum atomic E-state index is 13.0. The van der Waals surface area contributed by atoms with E-state index < -0.39 is 35.1 Å². The Morgan fingerprint density at radius 1 is 1.13 bits per heavy atom. The molecule has 3 rings (SSSR count). The Hall–Kier alpha value is -3.33. The molecule has 2 aromatic heterocycles. The number of hydrogen-bond donors (Lipinski definition) is 1. The summed E-state index contributed by atoms with van der Waals surface area (Å²) >= 11 is 5.59. The van der Waals surface area contributed by atoms with Gasteiger partial charge in [0, 0.05) is 11.9 Å². The molecule has 0 aliphatic heterocycles. The largest absolute Gasteiger partial charge is 0.467 e. The molecule has 156 valence electrons. The molecule has 0 saturated carbocycles. The molecule has 0 aliphatic carbocycles. The first-order chi connectivity index (χ1) is 14.2. The van der Waals surface area contributed by atoms with Crippen LogP contribution in [0.3, 0.4) is 0 Å². The third-order valence-electron chi connectivity index (χ3n) is 3.99. The highest BCUT2D eigenvalue weighted by Gasteiger charge is 2.33.